The van der Waals surface area contributed by atoms with Gasteiger partial charge in [0.25, 0.3) is 0 Å². The van der Waals surface area contributed by atoms with Crippen molar-refractivity contribution in [2.45, 2.75) is 12.0 Å². The summed E-state index contributed by atoms with van der Waals surface area (Å²) >= 11 is 0. The van der Waals surface area contributed by atoms with Crippen LogP contribution in [0.25, 0.3) is 11.1 Å². The second-order valence-corrected chi connectivity index (χ2v) is 7.04. The van der Waals surface area contributed by atoms with Crippen LogP contribution in [0.4, 0.5) is 18.0 Å². The van der Waals surface area contributed by atoms with E-state index in [0.717, 1.165) is 22.3 Å². The van der Waals surface area contributed by atoms with Crippen molar-refractivity contribution in [1.29, 1.82) is 0 Å². The fourth-order valence-electron chi connectivity index (χ4n) is 3.79. The lowest BCUT2D eigenvalue weighted by Gasteiger charge is -2.18. The van der Waals surface area contributed by atoms with E-state index in [9.17, 15) is 27.9 Å². The summed E-state index contributed by atoms with van der Waals surface area (Å²) in [4.78, 5) is 23.8. The van der Waals surface area contributed by atoms with Crippen molar-refractivity contribution in [3.63, 3.8) is 0 Å². The van der Waals surface area contributed by atoms with Crippen LogP contribution in [-0.2, 0) is 9.53 Å². The van der Waals surface area contributed by atoms with Gasteiger partial charge in [0.2, 0.25) is 0 Å². The Bertz CT molecular complexity index is 1110. The normalized spacial score (nSPS) is 13.3. The van der Waals surface area contributed by atoms with Crippen LogP contribution in [0.15, 0.2) is 60.7 Å². The van der Waals surface area contributed by atoms with Crippen LogP contribution in [-0.4, -0.2) is 23.8 Å². The Morgan fingerprint density at radius 1 is 0.935 bits per heavy atom. The minimum atomic E-state index is -1.82. The van der Waals surface area contributed by atoms with Crippen molar-refractivity contribution < 1.29 is 32.6 Å². The van der Waals surface area contributed by atoms with Gasteiger partial charge < -0.3 is 15.2 Å². The maximum atomic E-state index is 13.5. The van der Waals surface area contributed by atoms with E-state index in [1.807, 2.05) is 48.5 Å². The molecule has 1 aliphatic carbocycles. The first-order valence-electron chi connectivity index (χ1n) is 9.35. The maximum absolute atomic E-state index is 13.5. The number of carboxylic acid groups (broad SMARTS) is 1. The van der Waals surface area contributed by atoms with E-state index >= 15 is 0 Å². The molecular weight excluding hydrogens is 411 g/mol. The second kappa shape index (κ2) is 8.14. The average molecular weight is 427 g/mol. The van der Waals surface area contributed by atoms with Gasteiger partial charge in [-0.2, -0.15) is 0 Å². The fourth-order valence-corrected chi connectivity index (χ4v) is 3.79. The number of carboxylic acids is 1. The lowest BCUT2D eigenvalue weighted by atomic mass is 9.98. The number of benzene rings is 3. The quantitative estimate of drug-likeness (QED) is 0.576. The summed E-state index contributed by atoms with van der Waals surface area (Å²) in [5.74, 6) is -6.68. The molecule has 158 valence electrons. The number of fused-ring (bicyclic) bond motifs is 3. The number of aliphatic carboxylic acids is 1. The smallest absolute Gasteiger partial charge is 0.408 e. The number of alkyl carbamates (subject to hydrolysis) is 1. The van der Waals surface area contributed by atoms with Crippen molar-refractivity contribution in [3.05, 3.63) is 94.8 Å². The van der Waals surface area contributed by atoms with E-state index in [1.54, 1.807) is 0 Å². The number of carbonyl (C=O) groups is 2. The molecule has 0 fully saturated rings. The topological polar surface area (TPSA) is 75.6 Å². The summed E-state index contributed by atoms with van der Waals surface area (Å²) in [6.07, 6.45) is -1.08. The predicted octanol–water partition coefficient (Wildman–Crippen LogP) is 4.77. The summed E-state index contributed by atoms with van der Waals surface area (Å²) in [6, 6.07) is 14.5. The van der Waals surface area contributed by atoms with Gasteiger partial charge in [-0.15, -0.1) is 0 Å². The summed E-state index contributed by atoms with van der Waals surface area (Å²) in [7, 11) is 0. The van der Waals surface area contributed by atoms with E-state index in [0.29, 0.717) is 12.1 Å². The molecule has 0 aliphatic heterocycles. The Labute approximate surface area is 175 Å². The van der Waals surface area contributed by atoms with Gasteiger partial charge in [-0.05, 0) is 39.9 Å². The summed E-state index contributed by atoms with van der Waals surface area (Å²) < 4.78 is 45.4. The van der Waals surface area contributed by atoms with Crippen LogP contribution < -0.4 is 5.32 Å². The second-order valence-electron chi connectivity index (χ2n) is 7.04. The highest BCUT2D eigenvalue weighted by Crippen LogP contribution is 2.44. The van der Waals surface area contributed by atoms with E-state index in [2.05, 4.69) is 5.32 Å². The first kappa shape index (κ1) is 20.5. The number of nitrogens with one attached hydrogen (secondary N) is 1. The fraction of sp³-hybridized carbons (Fsp3) is 0.130. The third-order valence-electron chi connectivity index (χ3n) is 5.19. The van der Waals surface area contributed by atoms with Crippen LogP contribution in [0.5, 0.6) is 0 Å². The molecule has 0 saturated carbocycles. The van der Waals surface area contributed by atoms with Crippen molar-refractivity contribution >= 4 is 12.1 Å². The van der Waals surface area contributed by atoms with Gasteiger partial charge in [0.05, 0.1) is 0 Å². The van der Waals surface area contributed by atoms with Crippen LogP contribution in [0, 0.1) is 17.5 Å². The minimum Gasteiger partial charge on any atom is -0.479 e. The highest BCUT2D eigenvalue weighted by Gasteiger charge is 2.30. The molecule has 0 spiro atoms. The third-order valence-corrected chi connectivity index (χ3v) is 5.19. The molecule has 8 heteroatoms. The first-order valence-corrected chi connectivity index (χ1v) is 9.35. The van der Waals surface area contributed by atoms with Crippen LogP contribution >= 0.6 is 0 Å². The SMILES string of the molecule is O=C(NC(C(=O)O)c1cc(F)c(F)c(F)c1)OCC1c2ccccc2-c2ccccc21. The zero-order valence-corrected chi connectivity index (χ0v) is 15.9. The molecule has 0 radical (unpaired) electrons. The zero-order chi connectivity index (χ0) is 22.1. The molecular formula is C23H16F3NO4. The molecule has 1 atom stereocenters. The Kier molecular flexibility index (Phi) is 5.37. The predicted molar refractivity (Wildman–Crippen MR) is 105 cm³/mol. The minimum absolute atomic E-state index is 0.0711. The molecule has 1 unspecified atom stereocenters. The lowest BCUT2D eigenvalue weighted by molar-refractivity contribution is -0.139. The summed E-state index contributed by atoms with van der Waals surface area (Å²) in [6.45, 7) is -0.0711. The van der Waals surface area contributed by atoms with Gasteiger partial charge in [-0.1, -0.05) is 48.5 Å². The molecule has 4 rings (SSSR count). The maximum Gasteiger partial charge on any atom is 0.408 e. The zero-order valence-electron chi connectivity index (χ0n) is 15.9. The average Bonchev–Trinajstić information content (AvgIpc) is 3.07. The van der Waals surface area contributed by atoms with Gasteiger partial charge in [0, 0.05) is 5.92 Å². The number of halogens is 3. The van der Waals surface area contributed by atoms with Gasteiger partial charge in [0.1, 0.15) is 6.61 Å². The Morgan fingerprint density at radius 2 is 1.45 bits per heavy atom. The van der Waals surface area contributed by atoms with E-state index in [4.69, 9.17) is 4.74 Å². The van der Waals surface area contributed by atoms with Crippen molar-refractivity contribution in [2.75, 3.05) is 6.61 Å². The third kappa shape index (κ3) is 3.84. The van der Waals surface area contributed by atoms with Crippen molar-refractivity contribution in [2.24, 2.45) is 0 Å². The molecule has 0 heterocycles. The summed E-state index contributed by atoms with van der Waals surface area (Å²) in [5, 5.41) is 11.4. The number of hydrogen-bond donors (Lipinski definition) is 2. The highest BCUT2D eigenvalue weighted by atomic mass is 19.2. The molecule has 1 aliphatic rings. The molecule has 5 nitrogen and oxygen atoms in total. The number of ether oxygens (including phenoxy) is 1. The van der Waals surface area contributed by atoms with E-state index in [-0.39, 0.29) is 12.5 Å². The molecule has 1 amide bonds. The van der Waals surface area contributed by atoms with Crippen LogP contribution in [0.1, 0.15) is 28.7 Å². The van der Waals surface area contributed by atoms with Crippen molar-refractivity contribution in [1.82, 2.24) is 5.32 Å². The number of carbonyl (C=O) groups excluding carboxylic acids is 1. The van der Waals surface area contributed by atoms with E-state index in [1.165, 1.54) is 0 Å². The van der Waals surface area contributed by atoms with E-state index < -0.39 is 41.1 Å². The van der Waals surface area contributed by atoms with Crippen LogP contribution in [0.2, 0.25) is 0 Å². The molecule has 3 aromatic carbocycles. The largest absolute Gasteiger partial charge is 0.479 e. The standard InChI is InChI=1S/C23H16F3NO4/c24-18-9-12(10-19(25)20(18)26)21(22(28)29)27-23(30)31-11-17-15-7-3-1-5-13(15)14-6-2-4-8-16(14)17/h1-10,17,21H,11H2,(H,27,30)(H,28,29). The molecule has 3 aromatic rings. The molecule has 0 bridgehead atoms. The Morgan fingerprint density at radius 3 is 1.97 bits per heavy atom. The van der Waals surface area contributed by atoms with Crippen molar-refractivity contribution in [3.8, 4) is 11.1 Å². The highest BCUT2D eigenvalue weighted by molar-refractivity contribution is 5.82. The summed E-state index contributed by atoms with van der Waals surface area (Å²) in [5.41, 5.74) is 3.51. The van der Waals surface area contributed by atoms with Gasteiger partial charge in [-0.25, -0.2) is 22.8 Å². The number of hydrogen-bond acceptors (Lipinski definition) is 3. The Balaban J connectivity index is 1.51. The molecule has 0 aromatic heterocycles. The monoisotopic (exact) mass is 427 g/mol. The molecule has 0 saturated heterocycles. The first-order chi connectivity index (χ1) is 14.9. The number of amides is 1. The van der Waals surface area contributed by atoms with Gasteiger partial charge >= 0.3 is 12.1 Å². The lowest BCUT2D eigenvalue weighted by Crippen LogP contribution is -2.35. The van der Waals surface area contributed by atoms with Gasteiger partial charge in [0.15, 0.2) is 23.5 Å². The van der Waals surface area contributed by atoms with Gasteiger partial charge in [-0.3, -0.25) is 0 Å². The molecule has 2 N–H and O–H groups in total. The molecule has 31 heavy (non-hydrogen) atoms. The van der Waals surface area contributed by atoms with Crippen LogP contribution in [0.3, 0.4) is 0 Å². The number of rotatable bonds is 5. The Hall–Kier alpha value is -3.81.